The number of hydrogen-bond acceptors (Lipinski definition) is 8. The molecular weight excluding hydrogens is 498 g/mol. The van der Waals surface area contributed by atoms with Gasteiger partial charge in [0.05, 0.1) is 25.3 Å². The molecule has 0 saturated carbocycles. The van der Waals surface area contributed by atoms with Gasteiger partial charge in [-0.15, -0.1) is 0 Å². The van der Waals surface area contributed by atoms with E-state index in [1.165, 1.54) is 26.4 Å². The average molecular weight is 524 g/mol. The Balaban J connectivity index is 1.29. The first-order chi connectivity index (χ1) is 17.8. The summed E-state index contributed by atoms with van der Waals surface area (Å²) in [4.78, 5) is 35.2. The van der Waals surface area contributed by atoms with Gasteiger partial charge < -0.3 is 29.2 Å². The van der Waals surface area contributed by atoms with Gasteiger partial charge in [0.25, 0.3) is 0 Å². The Hall–Kier alpha value is -3.56. The van der Waals surface area contributed by atoms with Crippen molar-refractivity contribution < 1.29 is 28.5 Å². The summed E-state index contributed by atoms with van der Waals surface area (Å²) >= 11 is 6.46. The predicted octanol–water partition coefficient (Wildman–Crippen LogP) is 5.00. The number of rotatable bonds is 5. The molecule has 0 bridgehead atoms. The summed E-state index contributed by atoms with van der Waals surface area (Å²) in [6, 6.07) is 7.31. The van der Waals surface area contributed by atoms with E-state index >= 15 is 0 Å². The minimum Gasteiger partial charge on any atom is -0.496 e. The molecule has 9 nitrogen and oxygen atoms in total. The van der Waals surface area contributed by atoms with Gasteiger partial charge in [0.1, 0.15) is 34.0 Å². The number of fused-ring (bicyclic) bond motifs is 2. The number of carbonyl (C=O) groups is 2. The minimum absolute atomic E-state index is 0.000287. The van der Waals surface area contributed by atoms with Gasteiger partial charge in [0, 0.05) is 36.1 Å². The van der Waals surface area contributed by atoms with Gasteiger partial charge in [0.2, 0.25) is 17.2 Å². The van der Waals surface area contributed by atoms with Crippen LogP contribution in [0, 0.1) is 5.92 Å². The van der Waals surface area contributed by atoms with E-state index < -0.39 is 23.1 Å². The van der Waals surface area contributed by atoms with Gasteiger partial charge in [-0.2, -0.15) is 0 Å². The number of halogens is 1. The molecule has 3 aromatic rings. The monoisotopic (exact) mass is 523 g/mol. The lowest BCUT2D eigenvalue weighted by Crippen LogP contribution is -2.55. The number of allylic oxidation sites excluding steroid dienone is 1. The molecule has 37 heavy (non-hydrogen) atoms. The first-order valence-electron chi connectivity index (χ1n) is 12.2. The van der Waals surface area contributed by atoms with Gasteiger partial charge in [-0.05, 0) is 37.5 Å². The molecule has 2 N–H and O–H groups in total. The summed E-state index contributed by atoms with van der Waals surface area (Å²) in [7, 11) is 2.90. The molecule has 6 rings (SSSR count). The number of ether oxygens (including phenoxy) is 4. The Labute approximate surface area is 218 Å². The molecule has 2 aromatic carbocycles. The van der Waals surface area contributed by atoms with E-state index in [0.29, 0.717) is 17.9 Å². The molecule has 3 heterocycles. The lowest BCUT2D eigenvalue weighted by molar-refractivity contribution is -0.129. The summed E-state index contributed by atoms with van der Waals surface area (Å²) in [5.41, 5.74) is 1.66. The molecule has 0 radical (unpaired) electrons. The fourth-order valence-electron chi connectivity index (χ4n) is 5.45. The lowest BCUT2D eigenvalue weighted by Gasteiger charge is -2.35. The van der Waals surface area contributed by atoms with Crippen molar-refractivity contribution in [2.75, 3.05) is 26.1 Å². The minimum atomic E-state index is -1.71. The first kappa shape index (κ1) is 23.8. The van der Waals surface area contributed by atoms with Crippen molar-refractivity contribution in [2.24, 2.45) is 5.92 Å². The number of carbonyl (C=O) groups excluding carboxylic acids is 2. The highest BCUT2D eigenvalue weighted by Crippen LogP contribution is 2.53. The number of nitrogens with zero attached hydrogens (tertiary/aromatic N) is 1. The number of imidazole rings is 1. The van der Waals surface area contributed by atoms with Crippen LogP contribution in [0.5, 0.6) is 17.2 Å². The van der Waals surface area contributed by atoms with Crippen LogP contribution in [0.4, 0.5) is 5.69 Å². The van der Waals surface area contributed by atoms with Crippen molar-refractivity contribution in [2.45, 2.75) is 37.9 Å². The zero-order chi connectivity index (χ0) is 25.9. The van der Waals surface area contributed by atoms with Crippen LogP contribution in [0.2, 0.25) is 5.02 Å². The Kier molecular flexibility index (Phi) is 5.65. The Morgan fingerprint density at radius 3 is 2.70 bits per heavy atom. The molecule has 3 aliphatic rings. The molecule has 1 fully saturated rings. The van der Waals surface area contributed by atoms with E-state index in [0.717, 1.165) is 42.0 Å². The summed E-state index contributed by atoms with van der Waals surface area (Å²) < 4.78 is 22.5. The molecule has 1 spiro atoms. The molecular formula is C27H26ClN3O6. The van der Waals surface area contributed by atoms with Gasteiger partial charge in [-0.3, -0.25) is 9.59 Å². The first-order valence-corrected chi connectivity index (χ1v) is 12.5. The molecule has 2 aliphatic heterocycles. The molecule has 1 aliphatic carbocycles. The fourth-order valence-corrected chi connectivity index (χ4v) is 5.72. The van der Waals surface area contributed by atoms with E-state index in [9.17, 15) is 9.59 Å². The van der Waals surface area contributed by atoms with E-state index in [-0.39, 0.29) is 28.2 Å². The van der Waals surface area contributed by atoms with Crippen molar-refractivity contribution in [1.29, 1.82) is 0 Å². The number of H-pyrrole nitrogens is 1. The van der Waals surface area contributed by atoms with E-state index in [2.05, 4.69) is 15.3 Å². The van der Waals surface area contributed by atoms with Gasteiger partial charge in [-0.25, -0.2) is 4.98 Å². The topological polar surface area (TPSA) is 112 Å². The summed E-state index contributed by atoms with van der Waals surface area (Å²) in [5, 5.41) is 3.46. The second-order valence-corrected chi connectivity index (χ2v) is 9.96. The fraction of sp³-hybridized carbons (Fsp3) is 0.370. The van der Waals surface area contributed by atoms with Crippen LogP contribution in [-0.2, 0) is 9.53 Å². The number of hydrogen-bond donors (Lipinski definition) is 2. The van der Waals surface area contributed by atoms with E-state index in [4.69, 9.17) is 30.5 Å². The number of aromatic nitrogens is 2. The van der Waals surface area contributed by atoms with Crippen LogP contribution in [0.25, 0.3) is 11.0 Å². The molecule has 3 atom stereocenters. The number of ketones is 2. The van der Waals surface area contributed by atoms with Gasteiger partial charge in [0.15, 0.2) is 5.75 Å². The highest BCUT2D eigenvalue weighted by molar-refractivity contribution is 6.36. The number of anilines is 1. The van der Waals surface area contributed by atoms with Crippen LogP contribution in [0.1, 0.15) is 48.5 Å². The average Bonchev–Trinajstić information content (AvgIpc) is 3.62. The van der Waals surface area contributed by atoms with Crippen molar-refractivity contribution in [3.8, 4) is 17.2 Å². The van der Waals surface area contributed by atoms with Crippen LogP contribution in [0.15, 0.2) is 36.0 Å². The summed E-state index contributed by atoms with van der Waals surface area (Å²) in [6.07, 6.45) is 3.83. The smallest absolute Gasteiger partial charge is 0.236 e. The highest BCUT2D eigenvalue weighted by atomic mass is 35.5. The van der Waals surface area contributed by atoms with Crippen molar-refractivity contribution >= 4 is 39.9 Å². The second kappa shape index (κ2) is 8.78. The quantitative estimate of drug-likeness (QED) is 0.449. The Bertz CT molecular complexity index is 1470. The second-order valence-electron chi connectivity index (χ2n) is 9.59. The van der Waals surface area contributed by atoms with Crippen molar-refractivity contribution in [3.05, 3.63) is 52.4 Å². The zero-order valence-electron chi connectivity index (χ0n) is 20.6. The van der Waals surface area contributed by atoms with Crippen molar-refractivity contribution in [1.82, 2.24) is 9.97 Å². The number of benzene rings is 2. The third-order valence-electron chi connectivity index (χ3n) is 7.35. The molecule has 0 amide bonds. The maximum atomic E-state index is 13.7. The number of Topliss-reactive ketones (excluding diaryl/α,β-unsaturated/α-hetero) is 1. The molecule has 1 aromatic heterocycles. The number of aromatic amines is 1. The largest absolute Gasteiger partial charge is 0.496 e. The van der Waals surface area contributed by atoms with Crippen LogP contribution >= 0.6 is 11.6 Å². The molecule has 10 heteroatoms. The highest BCUT2D eigenvalue weighted by Gasteiger charge is 2.60. The zero-order valence-corrected chi connectivity index (χ0v) is 21.4. The third kappa shape index (κ3) is 3.59. The third-order valence-corrected chi connectivity index (χ3v) is 7.71. The van der Waals surface area contributed by atoms with Gasteiger partial charge >= 0.3 is 0 Å². The van der Waals surface area contributed by atoms with Crippen LogP contribution < -0.4 is 19.5 Å². The van der Waals surface area contributed by atoms with Crippen LogP contribution in [0.3, 0.4) is 0 Å². The molecule has 1 saturated heterocycles. The molecule has 192 valence electrons. The van der Waals surface area contributed by atoms with Crippen LogP contribution in [-0.4, -0.2) is 48.0 Å². The van der Waals surface area contributed by atoms with E-state index in [1.807, 2.05) is 25.1 Å². The normalized spacial score (nSPS) is 24.8. The maximum absolute atomic E-state index is 13.7. The van der Waals surface area contributed by atoms with Gasteiger partial charge in [-0.1, -0.05) is 18.5 Å². The standard InChI is InChI=1S/C27H26ClN3O6/c1-13-9-15(29-14-6-7-16-17(10-14)31-26(30-16)18-5-4-8-36-18)11-21(32)27(13)25(33)22-19(34-2)12-20(35-3)23(28)24(22)37-27/h6-7,10-13,18,29H,4-5,8-9H2,1-3H3,(H,30,31)/t13-,18?,27+/m1/s1. The van der Waals surface area contributed by atoms with Crippen molar-refractivity contribution in [3.63, 3.8) is 0 Å². The predicted molar refractivity (Wildman–Crippen MR) is 137 cm³/mol. The Morgan fingerprint density at radius 1 is 1.19 bits per heavy atom. The molecule has 1 unspecified atom stereocenters. The lowest BCUT2D eigenvalue weighted by atomic mass is 9.74. The number of methoxy groups -OCH3 is 2. The number of nitrogens with one attached hydrogen (secondary N) is 2. The summed E-state index contributed by atoms with van der Waals surface area (Å²) in [6.45, 7) is 2.57. The van der Waals surface area contributed by atoms with E-state index in [1.54, 1.807) is 0 Å². The SMILES string of the molecule is COc1cc(OC)c2c(c1Cl)O[C@@]1(C(=O)C=C(Nc3ccc4nc(C5CCCO5)[nH]c4c3)C[C@H]1C)C2=O. The summed E-state index contributed by atoms with van der Waals surface area (Å²) in [5.74, 6) is 0.108. The maximum Gasteiger partial charge on any atom is 0.236 e. The Morgan fingerprint density at radius 2 is 2.00 bits per heavy atom.